The maximum atomic E-state index is 13.0. The molecule has 0 aliphatic rings. The van der Waals surface area contributed by atoms with Gasteiger partial charge in [-0.3, -0.25) is 37.3 Å². The molecule has 3 N–H and O–H groups in total. The molecule has 0 amide bonds. The minimum atomic E-state index is -4.96. The lowest BCUT2D eigenvalue weighted by atomic mass is 9.99. The Balaban J connectivity index is 5.29. The van der Waals surface area contributed by atoms with Gasteiger partial charge in [0, 0.05) is 25.7 Å². The molecule has 91 heavy (non-hydrogen) atoms. The lowest BCUT2D eigenvalue weighted by Crippen LogP contribution is -2.30. The quantitative estimate of drug-likeness (QED) is 0.0169. The Morgan fingerprint density at radius 1 is 0.363 bits per heavy atom. The predicted octanol–water partition coefficient (Wildman–Crippen LogP) is 20.2. The van der Waals surface area contributed by atoms with Crippen LogP contribution in [0.4, 0.5) is 0 Å². The highest BCUT2D eigenvalue weighted by Gasteiger charge is 2.30. The molecule has 0 radical (unpaired) electrons. The molecule has 536 valence electrons. The number of aliphatic hydroxyl groups is 1. The molecule has 0 spiro atoms. The third kappa shape index (κ3) is 64.6. The molecule has 17 nitrogen and oxygen atoms in total. The molecule has 0 aromatic carbocycles. The molecule has 0 fully saturated rings. The van der Waals surface area contributed by atoms with E-state index in [4.69, 9.17) is 37.0 Å². The van der Waals surface area contributed by atoms with E-state index in [9.17, 15) is 43.2 Å². The summed E-state index contributed by atoms with van der Waals surface area (Å²) in [5.74, 6) is 0.0826. The molecule has 0 aromatic heterocycles. The summed E-state index contributed by atoms with van der Waals surface area (Å²) >= 11 is 0. The topological polar surface area (TPSA) is 237 Å². The van der Waals surface area contributed by atoms with E-state index in [0.29, 0.717) is 31.6 Å². The second kappa shape index (κ2) is 62.4. The van der Waals surface area contributed by atoms with Gasteiger partial charge in [0.1, 0.15) is 19.3 Å². The van der Waals surface area contributed by atoms with E-state index in [0.717, 1.165) is 127 Å². The van der Waals surface area contributed by atoms with Crippen molar-refractivity contribution in [3.8, 4) is 0 Å². The standard InChI is InChI=1S/C72H136O17P2/c1-8-10-11-12-13-14-15-16-17-18-19-25-32-39-46-53-69(74)82-59-67(89-72(77)56-49-42-34-27-22-23-29-36-43-50-63(3)4)61-86-90(78,79)84-57-66(73)58-85-91(80,81)87-62-68(60-83-70(75)54-47-40-35-28-30-37-44-51-64(5)6)88-71(76)55-48-41-33-26-21-20-24-31-38-45-52-65(7)9-2/h14-17,63-68,73H,8-13,18-62H2,1-7H3,(H,78,79)(H,80,81)/b15-14-,17-16-/t65?,66?,67-,68-/m1/s1. The second-order valence-corrected chi connectivity index (χ2v) is 29.4. The van der Waals surface area contributed by atoms with E-state index in [1.54, 1.807) is 0 Å². The van der Waals surface area contributed by atoms with Crippen LogP contribution in [0.2, 0.25) is 0 Å². The van der Waals surface area contributed by atoms with Crippen LogP contribution >= 0.6 is 15.6 Å². The Bertz CT molecular complexity index is 1880. The van der Waals surface area contributed by atoms with Gasteiger partial charge in [-0.25, -0.2) is 9.13 Å². The number of carbonyl (C=O) groups excluding carboxylic acids is 4. The van der Waals surface area contributed by atoms with Gasteiger partial charge in [-0.1, -0.05) is 285 Å². The van der Waals surface area contributed by atoms with Gasteiger partial charge in [0.05, 0.1) is 26.4 Å². The maximum absolute atomic E-state index is 13.0. The zero-order chi connectivity index (χ0) is 67.3. The Kier molecular flexibility index (Phi) is 60.7. The number of unbranched alkanes of at least 4 members (excludes halogenated alkanes) is 32. The highest BCUT2D eigenvalue weighted by molar-refractivity contribution is 7.47. The normalized spacial score (nSPS) is 14.6. The van der Waals surface area contributed by atoms with Crippen LogP contribution in [0.25, 0.3) is 0 Å². The van der Waals surface area contributed by atoms with Crippen LogP contribution in [0, 0.1) is 17.8 Å². The van der Waals surface area contributed by atoms with Gasteiger partial charge in [0.15, 0.2) is 12.2 Å². The highest BCUT2D eigenvalue weighted by atomic mass is 31.2. The van der Waals surface area contributed by atoms with Gasteiger partial charge in [-0.15, -0.1) is 0 Å². The molecule has 0 aliphatic carbocycles. The number of hydrogen-bond acceptors (Lipinski definition) is 15. The monoisotopic (exact) mass is 1330 g/mol. The zero-order valence-corrected chi connectivity index (χ0v) is 60.6. The number of allylic oxidation sites excluding steroid dienone is 4. The highest BCUT2D eigenvalue weighted by Crippen LogP contribution is 2.45. The second-order valence-electron chi connectivity index (χ2n) is 26.5. The van der Waals surface area contributed by atoms with Crippen LogP contribution in [-0.4, -0.2) is 96.7 Å². The van der Waals surface area contributed by atoms with Crippen molar-refractivity contribution in [1.82, 2.24) is 0 Å². The third-order valence-corrected chi connectivity index (χ3v) is 18.3. The average Bonchev–Trinajstić information content (AvgIpc) is 3.71. The fourth-order valence-electron chi connectivity index (χ4n) is 10.3. The summed E-state index contributed by atoms with van der Waals surface area (Å²) in [6.07, 6.45) is 49.4. The smallest absolute Gasteiger partial charge is 0.462 e. The van der Waals surface area contributed by atoms with Crippen molar-refractivity contribution in [3.05, 3.63) is 24.3 Å². The molecule has 0 aromatic rings. The average molecular weight is 1340 g/mol. The Morgan fingerprint density at radius 2 is 0.648 bits per heavy atom. The third-order valence-electron chi connectivity index (χ3n) is 16.4. The number of phosphoric ester groups is 2. The van der Waals surface area contributed by atoms with Crippen molar-refractivity contribution in [3.63, 3.8) is 0 Å². The van der Waals surface area contributed by atoms with Gasteiger partial charge >= 0.3 is 39.5 Å². The summed E-state index contributed by atoms with van der Waals surface area (Å²) in [6.45, 7) is 11.7. The van der Waals surface area contributed by atoms with E-state index in [2.05, 4.69) is 72.8 Å². The first-order valence-corrected chi connectivity index (χ1v) is 39.7. The van der Waals surface area contributed by atoms with Crippen LogP contribution < -0.4 is 0 Å². The van der Waals surface area contributed by atoms with Gasteiger partial charge in [0.2, 0.25) is 0 Å². The maximum Gasteiger partial charge on any atom is 0.472 e. The fourth-order valence-corrected chi connectivity index (χ4v) is 11.9. The van der Waals surface area contributed by atoms with Crippen LogP contribution in [0.15, 0.2) is 24.3 Å². The number of aliphatic hydroxyl groups excluding tert-OH is 1. The van der Waals surface area contributed by atoms with Gasteiger partial charge < -0.3 is 33.8 Å². The van der Waals surface area contributed by atoms with Gasteiger partial charge in [-0.2, -0.15) is 0 Å². The van der Waals surface area contributed by atoms with E-state index < -0.39 is 97.5 Å². The predicted molar refractivity (Wildman–Crippen MR) is 367 cm³/mol. The molecular weight excluding hydrogens is 1200 g/mol. The molecule has 0 saturated carbocycles. The van der Waals surface area contributed by atoms with Crippen molar-refractivity contribution in [2.24, 2.45) is 17.8 Å². The molecule has 0 aliphatic heterocycles. The Hall–Kier alpha value is -2.46. The number of ether oxygens (including phenoxy) is 4. The number of esters is 4. The molecule has 19 heteroatoms. The lowest BCUT2D eigenvalue weighted by Gasteiger charge is -2.21. The largest absolute Gasteiger partial charge is 0.472 e. The SMILES string of the molecule is CCCCCC/C=C\C=C/CCCCCCCC(=O)OC[C@H](COP(=O)(O)OCC(O)COP(=O)(O)OC[C@@H](COC(=O)CCCCCCCCCC(C)C)OC(=O)CCCCCCCCCCCCC(C)CC)OC(=O)CCCCCCCCCCCC(C)C. The first-order chi connectivity index (χ1) is 43.8. The van der Waals surface area contributed by atoms with Crippen molar-refractivity contribution in [2.75, 3.05) is 39.6 Å². The molecule has 4 unspecified atom stereocenters. The number of rotatable bonds is 68. The van der Waals surface area contributed by atoms with Crippen LogP contribution in [0.3, 0.4) is 0 Å². The van der Waals surface area contributed by atoms with Crippen molar-refractivity contribution in [2.45, 2.75) is 356 Å². The Labute approximate surface area is 554 Å². The number of phosphoric acid groups is 2. The van der Waals surface area contributed by atoms with E-state index in [1.807, 2.05) is 0 Å². The number of hydrogen-bond donors (Lipinski definition) is 3. The van der Waals surface area contributed by atoms with E-state index in [-0.39, 0.29) is 25.7 Å². The first kappa shape index (κ1) is 88.5. The minimum Gasteiger partial charge on any atom is -0.462 e. The summed E-state index contributed by atoms with van der Waals surface area (Å²) in [7, 11) is -9.92. The summed E-state index contributed by atoms with van der Waals surface area (Å²) in [6, 6.07) is 0. The van der Waals surface area contributed by atoms with Crippen LogP contribution in [-0.2, 0) is 65.4 Å². The van der Waals surface area contributed by atoms with Crippen molar-refractivity contribution in [1.29, 1.82) is 0 Å². The van der Waals surface area contributed by atoms with E-state index >= 15 is 0 Å². The fraction of sp³-hybridized carbons (Fsp3) is 0.889. The molecule has 0 heterocycles. The van der Waals surface area contributed by atoms with Crippen LogP contribution in [0.1, 0.15) is 337 Å². The minimum absolute atomic E-state index is 0.0979. The summed E-state index contributed by atoms with van der Waals surface area (Å²) in [4.78, 5) is 72.6. The molecular formula is C72H136O17P2. The van der Waals surface area contributed by atoms with Gasteiger partial charge in [0.25, 0.3) is 0 Å². The first-order valence-electron chi connectivity index (χ1n) is 36.7. The number of carbonyl (C=O) groups is 4. The zero-order valence-electron chi connectivity index (χ0n) is 58.8. The van der Waals surface area contributed by atoms with E-state index in [1.165, 1.54) is 122 Å². The summed E-state index contributed by atoms with van der Waals surface area (Å²) in [5, 5.41) is 10.6. The molecule has 0 saturated heterocycles. The van der Waals surface area contributed by atoms with Gasteiger partial charge in [-0.05, 0) is 69.1 Å². The Morgan fingerprint density at radius 3 is 0.978 bits per heavy atom. The van der Waals surface area contributed by atoms with Crippen molar-refractivity contribution >= 4 is 39.5 Å². The lowest BCUT2D eigenvalue weighted by molar-refractivity contribution is -0.161. The summed E-state index contributed by atoms with van der Waals surface area (Å²) in [5.41, 5.74) is 0. The molecule has 0 rings (SSSR count). The van der Waals surface area contributed by atoms with Crippen LogP contribution in [0.5, 0.6) is 0 Å². The molecule has 6 atom stereocenters. The molecule has 0 bridgehead atoms. The van der Waals surface area contributed by atoms with Crippen molar-refractivity contribution < 1.29 is 80.2 Å². The summed E-state index contributed by atoms with van der Waals surface area (Å²) < 4.78 is 68.3.